The van der Waals surface area contributed by atoms with Gasteiger partial charge in [-0.3, -0.25) is 0 Å². The van der Waals surface area contributed by atoms with Crippen molar-refractivity contribution in [2.45, 2.75) is 33.0 Å². The standard InChI is InChI=1S/C19H23N2O2/c1-3-20-15(2)21(19-12-8-7-11-18(19)20)13-16(22)14-23-17-9-5-4-6-10-17/h4-12,16,22H,3,13-14H2,1-2H3/q+1/t16-/m0/s1. The molecule has 4 nitrogen and oxygen atoms in total. The number of aliphatic hydroxyl groups excluding tert-OH is 1. The number of benzene rings is 2. The maximum atomic E-state index is 10.4. The van der Waals surface area contributed by atoms with Crippen molar-refractivity contribution in [2.75, 3.05) is 6.61 Å². The number of hydrogen-bond acceptors (Lipinski definition) is 2. The van der Waals surface area contributed by atoms with E-state index < -0.39 is 6.10 Å². The molecule has 0 aliphatic rings. The van der Waals surface area contributed by atoms with E-state index in [1.807, 2.05) is 42.5 Å². The summed E-state index contributed by atoms with van der Waals surface area (Å²) in [6.45, 7) is 5.94. The Morgan fingerprint density at radius 3 is 2.52 bits per heavy atom. The molecule has 120 valence electrons. The van der Waals surface area contributed by atoms with Gasteiger partial charge in [0.2, 0.25) is 0 Å². The maximum Gasteiger partial charge on any atom is 0.254 e. The number of hydrogen-bond donors (Lipinski definition) is 1. The van der Waals surface area contributed by atoms with Gasteiger partial charge in [0, 0.05) is 6.92 Å². The van der Waals surface area contributed by atoms with E-state index in [1.54, 1.807) is 0 Å². The Morgan fingerprint density at radius 2 is 1.78 bits per heavy atom. The summed E-state index contributed by atoms with van der Waals surface area (Å²) < 4.78 is 10.1. The Morgan fingerprint density at radius 1 is 1.09 bits per heavy atom. The average Bonchev–Trinajstić information content (AvgIpc) is 2.85. The zero-order valence-electron chi connectivity index (χ0n) is 13.6. The zero-order chi connectivity index (χ0) is 16.2. The van der Waals surface area contributed by atoms with Crippen molar-refractivity contribution >= 4 is 11.0 Å². The number of aromatic nitrogens is 2. The molecule has 0 bridgehead atoms. The van der Waals surface area contributed by atoms with Crippen LogP contribution in [0, 0.1) is 6.92 Å². The molecule has 0 saturated carbocycles. The highest BCUT2D eigenvalue weighted by molar-refractivity contribution is 5.72. The third-order valence-corrected chi connectivity index (χ3v) is 4.14. The van der Waals surface area contributed by atoms with E-state index in [0.717, 1.165) is 23.6 Å². The molecule has 0 spiro atoms. The van der Waals surface area contributed by atoms with Crippen molar-refractivity contribution < 1.29 is 14.4 Å². The van der Waals surface area contributed by atoms with Gasteiger partial charge in [-0.05, 0) is 31.2 Å². The normalized spacial score (nSPS) is 12.5. The summed E-state index contributed by atoms with van der Waals surface area (Å²) >= 11 is 0. The maximum absolute atomic E-state index is 10.4. The van der Waals surface area contributed by atoms with Gasteiger partial charge in [-0.1, -0.05) is 30.3 Å². The quantitative estimate of drug-likeness (QED) is 0.711. The van der Waals surface area contributed by atoms with Gasteiger partial charge in [0.1, 0.15) is 25.0 Å². The number of para-hydroxylation sites is 3. The molecule has 23 heavy (non-hydrogen) atoms. The summed E-state index contributed by atoms with van der Waals surface area (Å²) in [7, 11) is 0. The Kier molecular flexibility index (Phi) is 4.63. The van der Waals surface area contributed by atoms with Crippen LogP contribution in [0.5, 0.6) is 5.75 Å². The lowest BCUT2D eigenvalue weighted by Crippen LogP contribution is -2.44. The minimum absolute atomic E-state index is 0.280. The van der Waals surface area contributed by atoms with Crippen LogP contribution in [0.1, 0.15) is 12.7 Å². The molecule has 1 N–H and O–H groups in total. The molecule has 0 aliphatic carbocycles. The molecule has 1 atom stereocenters. The van der Waals surface area contributed by atoms with Crippen molar-refractivity contribution in [1.82, 2.24) is 4.57 Å². The van der Waals surface area contributed by atoms with Gasteiger partial charge in [0.25, 0.3) is 5.82 Å². The molecule has 0 saturated heterocycles. The SMILES string of the molecule is CCn1c(C)[n+](C[C@H](O)COc2ccccc2)c2ccccc21. The van der Waals surface area contributed by atoms with Crippen LogP contribution in [-0.4, -0.2) is 22.4 Å². The fraction of sp³-hybridized carbons (Fsp3) is 0.316. The van der Waals surface area contributed by atoms with Gasteiger partial charge in [0.15, 0.2) is 11.0 Å². The highest BCUT2D eigenvalue weighted by atomic mass is 16.5. The van der Waals surface area contributed by atoms with Crippen LogP contribution < -0.4 is 9.30 Å². The number of fused-ring (bicyclic) bond motifs is 1. The average molecular weight is 311 g/mol. The van der Waals surface area contributed by atoms with E-state index in [9.17, 15) is 5.11 Å². The molecule has 3 rings (SSSR count). The molecule has 0 radical (unpaired) electrons. The Balaban J connectivity index is 1.77. The lowest BCUT2D eigenvalue weighted by atomic mass is 10.3. The Bertz CT molecular complexity index is 781. The summed E-state index contributed by atoms with van der Waals surface area (Å²) in [6.07, 6.45) is -0.560. The summed E-state index contributed by atoms with van der Waals surface area (Å²) in [5.74, 6) is 1.93. The second-order valence-electron chi connectivity index (χ2n) is 5.67. The van der Waals surface area contributed by atoms with Crippen molar-refractivity contribution in [2.24, 2.45) is 0 Å². The first-order chi connectivity index (χ1) is 11.2. The predicted molar refractivity (Wildman–Crippen MR) is 90.5 cm³/mol. The minimum Gasteiger partial charge on any atom is -0.491 e. The fourth-order valence-corrected chi connectivity index (χ4v) is 3.02. The topological polar surface area (TPSA) is 38.3 Å². The van der Waals surface area contributed by atoms with Crippen molar-refractivity contribution in [3.8, 4) is 5.75 Å². The Hall–Kier alpha value is -2.33. The Labute approximate surface area is 136 Å². The molecule has 4 heteroatoms. The highest BCUT2D eigenvalue weighted by Gasteiger charge is 2.22. The van der Waals surface area contributed by atoms with E-state index in [2.05, 4.69) is 35.1 Å². The first-order valence-electron chi connectivity index (χ1n) is 8.04. The molecule has 1 heterocycles. The molecule has 0 unspecified atom stereocenters. The number of imidazole rings is 1. The van der Waals surface area contributed by atoms with Crippen LogP contribution in [0.2, 0.25) is 0 Å². The molecular weight excluding hydrogens is 288 g/mol. The van der Waals surface area contributed by atoms with Gasteiger partial charge in [-0.2, -0.15) is 0 Å². The minimum atomic E-state index is -0.560. The highest BCUT2D eigenvalue weighted by Crippen LogP contribution is 2.14. The first kappa shape index (κ1) is 15.6. The van der Waals surface area contributed by atoms with E-state index in [4.69, 9.17) is 4.74 Å². The van der Waals surface area contributed by atoms with E-state index in [1.165, 1.54) is 5.52 Å². The number of nitrogens with zero attached hydrogens (tertiary/aromatic N) is 2. The van der Waals surface area contributed by atoms with Crippen LogP contribution >= 0.6 is 0 Å². The smallest absolute Gasteiger partial charge is 0.254 e. The van der Waals surface area contributed by atoms with E-state index in [0.29, 0.717) is 6.54 Å². The van der Waals surface area contributed by atoms with Gasteiger partial charge in [-0.25, -0.2) is 9.13 Å². The third kappa shape index (κ3) is 3.22. The molecule has 0 fully saturated rings. The van der Waals surface area contributed by atoms with Crippen LogP contribution in [0.4, 0.5) is 0 Å². The van der Waals surface area contributed by atoms with Crippen LogP contribution in [0.15, 0.2) is 54.6 Å². The monoisotopic (exact) mass is 311 g/mol. The number of aryl methyl sites for hydroxylation is 1. The van der Waals surface area contributed by atoms with Crippen LogP contribution in [0.3, 0.4) is 0 Å². The number of ether oxygens (including phenoxy) is 1. The van der Waals surface area contributed by atoms with E-state index >= 15 is 0 Å². The lowest BCUT2D eigenvalue weighted by molar-refractivity contribution is -0.685. The predicted octanol–water partition coefficient (Wildman–Crippen LogP) is 2.70. The van der Waals surface area contributed by atoms with Crippen LogP contribution in [-0.2, 0) is 13.1 Å². The third-order valence-electron chi connectivity index (χ3n) is 4.14. The van der Waals surface area contributed by atoms with Crippen LogP contribution in [0.25, 0.3) is 11.0 Å². The lowest BCUT2D eigenvalue weighted by Gasteiger charge is -2.11. The molecular formula is C19H23N2O2+. The van der Waals surface area contributed by atoms with Gasteiger partial charge in [-0.15, -0.1) is 0 Å². The number of rotatable bonds is 6. The first-order valence-corrected chi connectivity index (χ1v) is 8.04. The molecule has 1 aromatic heterocycles. The summed E-state index contributed by atoms with van der Waals surface area (Å²) in [5.41, 5.74) is 2.34. The molecule has 3 aromatic rings. The largest absolute Gasteiger partial charge is 0.491 e. The van der Waals surface area contributed by atoms with E-state index in [-0.39, 0.29) is 6.61 Å². The molecule has 2 aromatic carbocycles. The van der Waals surface area contributed by atoms with Gasteiger partial charge >= 0.3 is 0 Å². The fourth-order valence-electron chi connectivity index (χ4n) is 3.02. The molecule has 0 amide bonds. The van der Waals surface area contributed by atoms with Crippen molar-refractivity contribution in [3.63, 3.8) is 0 Å². The van der Waals surface area contributed by atoms with Gasteiger partial charge < -0.3 is 9.84 Å². The van der Waals surface area contributed by atoms with Gasteiger partial charge in [0.05, 0.1) is 6.54 Å². The van der Waals surface area contributed by atoms with Crippen molar-refractivity contribution in [1.29, 1.82) is 0 Å². The summed E-state index contributed by atoms with van der Waals surface area (Å²) in [5, 5.41) is 10.4. The summed E-state index contributed by atoms with van der Waals surface area (Å²) in [6, 6.07) is 17.9. The number of aliphatic hydroxyl groups is 1. The second kappa shape index (κ2) is 6.84. The van der Waals surface area contributed by atoms with Crippen molar-refractivity contribution in [3.05, 3.63) is 60.4 Å². The summed E-state index contributed by atoms with van der Waals surface area (Å²) in [4.78, 5) is 0. The molecule has 0 aliphatic heterocycles. The zero-order valence-corrected chi connectivity index (χ0v) is 13.6. The second-order valence-corrected chi connectivity index (χ2v) is 5.67.